The van der Waals surface area contributed by atoms with Gasteiger partial charge in [0, 0.05) is 10.5 Å². The Morgan fingerprint density at radius 3 is 2.61 bits per heavy atom. The third-order valence-electron chi connectivity index (χ3n) is 1.86. The Morgan fingerprint density at radius 2 is 1.89 bits per heavy atom. The van der Waals surface area contributed by atoms with E-state index in [1.807, 2.05) is 0 Å². The first-order chi connectivity index (χ1) is 8.47. The Labute approximate surface area is 125 Å². The van der Waals surface area contributed by atoms with Gasteiger partial charge in [0.1, 0.15) is 5.75 Å². The Morgan fingerprint density at radius 1 is 1.17 bits per heavy atom. The van der Waals surface area contributed by atoms with Crippen molar-refractivity contribution < 1.29 is 9.13 Å². The van der Waals surface area contributed by atoms with Crippen molar-refractivity contribution in [2.45, 2.75) is 0 Å². The van der Waals surface area contributed by atoms with E-state index < -0.39 is 5.82 Å². The lowest BCUT2D eigenvalue weighted by atomic mass is 10.3. The summed E-state index contributed by atoms with van der Waals surface area (Å²) >= 11 is 20.6. The highest BCUT2D eigenvalue weighted by molar-refractivity contribution is 9.10. The van der Waals surface area contributed by atoms with Crippen LogP contribution in [-0.4, -0.2) is 9.97 Å². The van der Waals surface area contributed by atoms with Gasteiger partial charge in [-0.25, -0.2) is 4.98 Å². The van der Waals surface area contributed by atoms with Crippen LogP contribution in [0.2, 0.25) is 15.3 Å². The zero-order chi connectivity index (χ0) is 13.3. The van der Waals surface area contributed by atoms with Gasteiger partial charge >= 0.3 is 0 Å². The fraction of sp³-hybridized carbons (Fsp3) is 0. The average Bonchev–Trinajstić information content (AvgIpc) is 2.30. The molecule has 0 bridgehead atoms. The minimum Gasteiger partial charge on any atom is -0.435 e. The van der Waals surface area contributed by atoms with Gasteiger partial charge in [0.25, 0.3) is 5.88 Å². The molecule has 0 amide bonds. The van der Waals surface area contributed by atoms with E-state index in [-0.39, 0.29) is 21.9 Å². The van der Waals surface area contributed by atoms with E-state index in [9.17, 15) is 4.39 Å². The second kappa shape index (κ2) is 5.57. The minimum atomic E-state index is -0.755. The van der Waals surface area contributed by atoms with Gasteiger partial charge in [0.15, 0.2) is 0 Å². The predicted octanol–water partition coefficient (Wildman–Crippen LogP) is 5.13. The van der Waals surface area contributed by atoms with Gasteiger partial charge in [-0.1, -0.05) is 23.2 Å². The topological polar surface area (TPSA) is 35.0 Å². The van der Waals surface area contributed by atoms with E-state index in [0.29, 0.717) is 9.50 Å². The molecule has 0 spiro atoms. The van der Waals surface area contributed by atoms with Gasteiger partial charge in [0.2, 0.25) is 11.1 Å². The van der Waals surface area contributed by atoms with Crippen LogP contribution in [0.25, 0.3) is 0 Å². The van der Waals surface area contributed by atoms with Crippen LogP contribution in [0.4, 0.5) is 4.39 Å². The van der Waals surface area contributed by atoms with Crippen molar-refractivity contribution in [3.63, 3.8) is 0 Å². The molecular weight excluding hydrogens is 369 g/mol. The molecule has 1 aromatic heterocycles. The lowest BCUT2D eigenvalue weighted by Crippen LogP contribution is -1.95. The van der Waals surface area contributed by atoms with Crippen LogP contribution in [-0.2, 0) is 0 Å². The largest absolute Gasteiger partial charge is 0.435 e. The summed E-state index contributed by atoms with van der Waals surface area (Å²) in [6.45, 7) is 0. The Hall–Kier alpha value is -0.620. The van der Waals surface area contributed by atoms with E-state index >= 15 is 0 Å². The monoisotopic (exact) mass is 370 g/mol. The predicted molar refractivity (Wildman–Crippen MR) is 71.2 cm³/mol. The SMILES string of the molecule is Fc1cnc(Cl)nc1Oc1cc(Cl)c(Br)cc1Cl. The summed E-state index contributed by atoms with van der Waals surface area (Å²) in [4.78, 5) is 7.07. The van der Waals surface area contributed by atoms with Gasteiger partial charge in [-0.05, 0) is 33.6 Å². The molecule has 2 aromatic rings. The number of aromatic nitrogens is 2. The Kier molecular flexibility index (Phi) is 4.27. The number of hydrogen-bond donors (Lipinski definition) is 0. The molecule has 0 unspecified atom stereocenters. The Bertz CT molecular complexity index is 612. The smallest absolute Gasteiger partial charge is 0.260 e. The van der Waals surface area contributed by atoms with Crippen molar-refractivity contribution in [2.75, 3.05) is 0 Å². The van der Waals surface area contributed by atoms with Crippen LogP contribution in [0, 0.1) is 5.82 Å². The molecule has 0 fully saturated rings. The lowest BCUT2D eigenvalue weighted by Gasteiger charge is -2.08. The van der Waals surface area contributed by atoms with Gasteiger partial charge in [-0.3, -0.25) is 0 Å². The van der Waals surface area contributed by atoms with Gasteiger partial charge in [0.05, 0.1) is 16.2 Å². The summed E-state index contributed by atoms with van der Waals surface area (Å²) < 4.78 is 19.2. The summed E-state index contributed by atoms with van der Waals surface area (Å²) in [5.74, 6) is -0.914. The molecule has 0 radical (unpaired) electrons. The number of rotatable bonds is 2. The summed E-state index contributed by atoms with van der Waals surface area (Å²) in [5.41, 5.74) is 0. The van der Waals surface area contributed by atoms with Crippen LogP contribution >= 0.6 is 50.7 Å². The van der Waals surface area contributed by atoms with Gasteiger partial charge in [-0.15, -0.1) is 0 Å². The molecule has 1 heterocycles. The van der Waals surface area contributed by atoms with Crippen LogP contribution in [0.1, 0.15) is 0 Å². The summed E-state index contributed by atoms with van der Waals surface area (Å²) in [6.07, 6.45) is 0.902. The molecule has 94 valence electrons. The maximum absolute atomic E-state index is 13.4. The summed E-state index contributed by atoms with van der Waals surface area (Å²) in [7, 11) is 0. The van der Waals surface area contributed by atoms with Crippen LogP contribution in [0.5, 0.6) is 11.6 Å². The molecule has 2 rings (SSSR count). The molecule has 1 aromatic carbocycles. The van der Waals surface area contributed by atoms with Crippen molar-refractivity contribution in [3.8, 4) is 11.6 Å². The summed E-state index contributed by atoms with van der Waals surface area (Å²) in [5, 5.41) is 0.487. The number of hydrogen-bond acceptors (Lipinski definition) is 3. The molecule has 0 aliphatic heterocycles. The number of nitrogens with zero attached hydrogens (tertiary/aromatic N) is 2. The van der Waals surface area contributed by atoms with E-state index in [1.54, 1.807) is 0 Å². The summed E-state index contributed by atoms with van der Waals surface area (Å²) in [6, 6.07) is 2.96. The molecule has 0 aliphatic rings. The third kappa shape index (κ3) is 3.03. The molecule has 0 N–H and O–H groups in total. The molecule has 0 saturated heterocycles. The fourth-order valence-corrected chi connectivity index (χ4v) is 2.05. The van der Waals surface area contributed by atoms with E-state index in [1.165, 1.54) is 12.1 Å². The normalized spacial score (nSPS) is 10.5. The lowest BCUT2D eigenvalue weighted by molar-refractivity contribution is 0.420. The minimum absolute atomic E-state index is 0.134. The standard InChI is InChI=1S/C10H3BrCl3FN2O/c11-4-1-6(13)8(2-5(4)12)18-9-7(15)3-16-10(14)17-9/h1-3H. The average molecular weight is 372 g/mol. The second-order valence-corrected chi connectivity index (χ2v) is 5.10. The maximum atomic E-state index is 13.4. The van der Waals surface area contributed by atoms with E-state index in [4.69, 9.17) is 39.5 Å². The van der Waals surface area contributed by atoms with Gasteiger partial charge < -0.3 is 4.74 Å². The molecule has 8 heteroatoms. The van der Waals surface area contributed by atoms with Crippen molar-refractivity contribution in [3.05, 3.63) is 43.9 Å². The second-order valence-electron chi connectivity index (χ2n) is 3.09. The molecule has 18 heavy (non-hydrogen) atoms. The highest BCUT2D eigenvalue weighted by Crippen LogP contribution is 2.36. The van der Waals surface area contributed by atoms with Crippen LogP contribution < -0.4 is 4.74 Å². The van der Waals surface area contributed by atoms with Gasteiger partial charge in [-0.2, -0.15) is 9.37 Å². The molecule has 0 atom stereocenters. The van der Waals surface area contributed by atoms with E-state index in [0.717, 1.165) is 6.20 Å². The highest BCUT2D eigenvalue weighted by atomic mass is 79.9. The van der Waals surface area contributed by atoms with Crippen molar-refractivity contribution in [1.82, 2.24) is 9.97 Å². The highest BCUT2D eigenvalue weighted by Gasteiger charge is 2.12. The molecule has 0 saturated carbocycles. The third-order valence-corrected chi connectivity index (χ3v) is 3.54. The maximum Gasteiger partial charge on any atom is 0.260 e. The number of halogens is 5. The number of ether oxygens (including phenoxy) is 1. The van der Waals surface area contributed by atoms with Crippen molar-refractivity contribution >= 4 is 50.7 Å². The zero-order valence-corrected chi connectivity index (χ0v) is 12.3. The van der Waals surface area contributed by atoms with E-state index in [2.05, 4.69) is 25.9 Å². The van der Waals surface area contributed by atoms with Crippen molar-refractivity contribution in [1.29, 1.82) is 0 Å². The molecular formula is C10H3BrCl3FN2O. The fourth-order valence-electron chi connectivity index (χ4n) is 1.09. The zero-order valence-electron chi connectivity index (χ0n) is 8.42. The van der Waals surface area contributed by atoms with Crippen molar-refractivity contribution in [2.24, 2.45) is 0 Å². The first-order valence-electron chi connectivity index (χ1n) is 4.48. The number of benzene rings is 1. The Balaban J connectivity index is 2.40. The van der Waals surface area contributed by atoms with Crippen LogP contribution in [0.3, 0.4) is 0 Å². The first-order valence-corrected chi connectivity index (χ1v) is 6.40. The molecule has 3 nitrogen and oxygen atoms in total. The van der Waals surface area contributed by atoms with Crippen LogP contribution in [0.15, 0.2) is 22.8 Å². The first kappa shape index (κ1) is 13.8. The quantitative estimate of drug-likeness (QED) is 0.541. The molecule has 0 aliphatic carbocycles.